The molecule has 0 unspecified atom stereocenters. The molecule has 1 heterocycles. The summed E-state index contributed by atoms with van der Waals surface area (Å²) in [6.07, 6.45) is 1.33. The van der Waals surface area contributed by atoms with Gasteiger partial charge in [0.25, 0.3) is 0 Å². The summed E-state index contributed by atoms with van der Waals surface area (Å²) in [5.74, 6) is -4.77. The fourth-order valence-corrected chi connectivity index (χ4v) is 5.20. The van der Waals surface area contributed by atoms with Gasteiger partial charge in [0.2, 0.25) is 11.8 Å². The van der Waals surface area contributed by atoms with Crippen molar-refractivity contribution in [1.29, 1.82) is 0 Å². The lowest BCUT2D eigenvalue weighted by Gasteiger charge is -2.26. The number of carboxylic acids is 1. The Kier molecular flexibility index (Phi) is 15.0. The number of Topliss-reactive ketones (excluding diaryl/α,β-unsaturated/α-hetero) is 3. The first kappa shape index (κ1) is 37.7. The Bertz CT molecular complexity index is 1180. The Morgan fingerprint density at radius 1 is 0.889 bits per heavy atom. The first-order valence-corrected chi connectivity index (χ1v) is 15.8. The second-order valence-electron chi connectivity index (χ2n) is 13.2. The Morgan fingerprint density at radius 3 is 1.98 bits per heavy atom. The van der Waals surface area contributed by atoms with Gasteiger partial charge >= 0.3 is 5.97 Å². The second kappa shape index (κ2) is 17.9. The highest BCUT2D eigenvalue weighted by Crippen LogP contribution is 2.30. The van der Waals surface area contributed by atoms with Crippen molar-refractivity contribution in [3.8, 4) is 0 Å². The predicted molar refractivity (Wildman–Crippen MR) is 167 cm³/mol. The fraction of sp³-hybridized carbons (Fsp3) is 0.647. The summed E-state index contributed by atoms with van der Waals surface area (Å²) in [5.41, 5.74) is 0.0574. The van der Waals surface area contributed by atoms with E-state index in [1.165, 1.54) is 6.92 Å². The molecule has 0 spiro atoms. The van der Waals surface area contributed by atoms with Crippen LogP contribution in [0.5, 0.6) is 0 Å². The molecule has 0 bridgehead atoms. The van der Waals surface area contributed by atoms with Gasteiger partial charge in [0.15, 0.2) is 11.6 Å². The van der Waals surface area contributed by atoms with Crippen molar-refractivity contribution in [2.24, 2.45) is 23.7 Å². The quantitative estimate of drug-likeness (QED) is 0.163. The van der Waals surface area contributed by atoms with Gasteiger partial charge < -0.3 is 30.0 Å². The van der Waals surface area contributed by atoms with Crippen molar-refractivity contribution in [2.75, 3.05) is 19.8 Å². The fourth-order valence-electron chi connectivity index (χ4n) is 5.20. The van der Waals surface area contributed by atoms with Crippen LogP contribution in [-0.2, 0) is 44.7 Å². The van der Waals surface area contributed by atoms with E-state index in [1.807, 2.05) is 58.0 Å². The minimum absolute atomic E-state index is 0.0118. The summed E-state index contributed by atoms with van der Waals surface area (Å²) in [7, 11) is 0. The number of aryl methyl sites for hydroxylation is 1. The third-order valence-corrected chi connectivity index (χ3v) is 7.74. The first-order chi connectivity index (χ1) is 21.1. The van der Waals surface area contributed by atoms with Crippen LogP contribution in [0.2, 0.25) is 0 Å². The number of nitrogens with one attached hydrogen (secondary N) is 2. The van der Waals surface area contributed by atoms with E-state index in [0.717, 1.165) is 5.56 Å². The maximum Gasteiger partial charge on any atom is 0.329 e. The van der Waals surface area contributed by atoms with E-state index in [1.54, 1.807) is 6.92 Å². The predicted octanol–water partition coefficient (Wildman–Crippen LogP) is 3.31. The third-order valence-electron chi connectivity index (χ3n) is 7.74. The average Bonchev–Trinajstić information content (AvgIpc) is 3.71. The molecule has 0 aliphatic carbocycles. The molecule has 1 aromatic rings. The highest BCUT2D eigenvalue weighted by molar-refractivity contribution is 5.98. The highest BCUT2D eigenvalue weighted by atomic mass is 16.6. The molecule has 1 aliphatic rings. The molecule has 11 heteroatoms. The third kappa shape index (κ3) is 13.6. The van der Waals surface area contributed by atoms with Crippen LogP contribution in [0.1, 0.15) is 79.2 Å². The number of amides is 2. The van der Waals surface area contributed by atoms with Crippen LogP contribution < -0.4 is 10.6 Å². The first-order valence-electron chi connectivity index (χ1n) is 15.8. The minimum Gasteiger partial charge on any atom is -0.480 e. The Morgan fingerprint density at radius 2 is 1.44 bits per heavy atom. The van der Waals surface area contributed by atoms with E-state index >= 15 is 0 Å². The van der Waals surface area contributed by atoms with Crippen LogP contribution in [0.15, 0.2) is 30.3 Å². The van der Waals surface area contributed by atoms with Gasteiger partial charge in [-0.3, -0.25) is 19.2 Å². The van der Waals surface area contributed by atoms with Crippen molar-refractivity contribution < 1.29 is 43.3 Å². The number of ketones is 3. The molecule has 2 rings (SSSR count). The van der Waals surface area contributed by atoms with Crippen molar-refractivity contribution in [1.82, 2.24) is 10.6 Å². The summed E-state index contributed by atoms with van der Waals surface area (Å²) in [5, 5.41) is 14.7. The zero-order chi connectivity index (χ0) is 33.7. The van der Waals surface area contributed by atoms with Crippen molar-refractivity contribution in [3.63, 3.8) is 0 Å². The number of epoxide rings is 1. The maximum absolute atomic E-state index is 13.7. The molecular weight excluding hydrogens is 580 g/mol. The molecule has 1 saturated heterocycles. The Balaban J connectivity index is 2.22. The van der Waals surface area contributed by atoms with Crippen LogP contribution in [0.25, 0.3) is 0 Å². The Hall–Kier alpha value is -3.44. The number of aliphatic carboxylic acids is 1. The number of ether oxygens (including phenoxy) is 2. The van der Waals surface area contributed by atoms with Crippen molar-refractivity contribution in [2.45, 2.75) is 97.8 Å². The maximum atomic E-state index is 13.7. The van der Waals surface area contributed by atoms with Gasteiger partial charge in [-0.15, -0.1) is 0 Å². The van der Waals surface area contributed by atoms with Gasteiger partial charge in [-0.2, -0.15) is 0 Å². The molecule has 1 aromatic carbocycles. The molecular formula is C34H50N2O9. The monoisotopic (exact) mass is 630 g/mol. The molecule has 1 fully saturated rings. The van der Waals surface area contributed by atoms with E-state index in [2.05, 4.69) is 10.6 Å². The van der Waals surface area contributed by atoms with Crippen LogP contribution in [0.4, 0.5) is 0 Å². The summed E-state index contributed by atoms with van der Waals surface area (Å²) < 4.78 is 10.5. The normalized spacial score (nSPS) is 18.5. The highest BCUT2D eigenvalue weighted by Gasteiger charge is 2.50. The lowest BCUT2D eigenvalue weighted by molar-refractivity contribution is -0.145. The smallest absolute Gasteiger partial charge is 0.329 e. The topological polar surface area (TPSA) is 168 Å². The zero-order valence-electron chi connectivity index (χ0n) is 27.4. The van der Waals surface area contributed by atoms with Crippen LogP contribution >= 0.6 is 0 Å². The van der Waals surface area contributed by atoms with Crippen LogP contribution in [0, 0.1) is 23.7 Å². The standard InChI is InChI=1S/C34H50N2O9/c1-21(2)14-27(35-32(42)25(16-23(5)37)13-12-24-10-8-7-9-11-24)29(38)17-26(18-44-19-30(39)40)33(43)36-28(15-22(3)4)31(41)34(6)20-45-34/h7-11,21-22,25-28H,12-20H2,1-6H3,(H,35,42)(H,36,43)(H,39,40)/t25-,26+,27+,28+,34-/m1/s1. The van der Waals surface area contributed by atoms with E-state index in [9.17, 15) is 28.8 Å². The molecule has 3 N–H and O–H groups in total. The summed E-state index contributed by atoms with van der Waals surface area (Å²) >= 11 is 0. The molecule has 0 aromatic heterocycles. The van der Waals surface area contributed by atoms with E-state index in [-0.39, 0.29) is 49.5 Å². The minimum atomic E-state index is -1.23. The summed E-state index contributed by atoms with van der Waals surface area (Å²) in [4.78, 5) is 76.9. The summed E-state index contributed by atoms with van der Waals surface area (Å²) in [6.45, 7) is 9.93. The Labute approximate surface area is 266 Å². The zero-order valence-corrected chi connectivity index (χ0v) is 27.4. The number of rotatable bonds is 22. The SMILES string of the molecule is CC(=O)C[C@@H](CCc1ccccc1)C(=O)N[C@@H](CC(C)C)C(=O)C[C@@H](COCC(=O)O)C(=O)N[C@@H](CC(C)C)C(=O)[C@@]1(C)CO1. The summed E-state index contributed by atoms with van der Waals surface area (Å²) in [6, 6.07) is 7.80. The van der Waals surface area contributed by atoms with Crippen molar-refractivity contribution in [3.05, 3.63) is 35.9 Å². The van der Waals surface area contributed by atoms with E-state index in [0.29, 0.717) is 25.7 Å². The second-order valence-corrected chi connectivity index (χ2v) is 13.2. The molecule has 11 nitrogen and oxygen atoms in total. The van der Waals surface area contributed by atoms with Crippen LogP contribution in [0.3, 0.4) is 0 Å². The number of hydrogen-bond donors (Lipinski definition) is 3. The number of carbonyl (C=O) groups excluding carboxylic acids is 5. The van der Waals surface area contributed by atoms with Gasteiger partial charge in [0.05, 0.1) is 31.2 Å². The largest absolute Gasteiger partial charge is 0.480 e. The molecule has 0 radical (unpaired) electrons. The van der Waals surface area contributed by atoms with Crippen molar-refractivity contribution >= 4 is 35.1 Å². The van der Waals surface area contributed by atoms with E-state index in [4.69, 9.17) is 14.6 Å². The van der Waals surface area contributed by atoms with Gasteiger partial charge in [-0.05, 0) is 56.9 Å². The van der Waals surface area contributed by atoms with E-state index < -0.39 is 59.7 Å². The molecule has 1 aliphatic heterocycles. The van der Waals surface area contributed by atoms with Gasteiger partial charge in [-0.25, -0.2) is 4.79 Å². The van der Waals surface area contributed by atoms with Gasteiger partial charge in [0.1, 0.15) is 18.0 Å². The lowest BCUT2D eigenvalue weighted by atomic mass is 9.90. The van der Waals surface area contributed by atoms with Crippen LogP contribution in [-0.4, -0.2) is 77.7 Å². The molecule has 0 saturated carbocycles. The molecule has 5 atom stereocenters. The van der Waals surface area contributed by atoms with Gasteiger partial charge in [-0.1, -0.05) is 58.0 Å². The number of carboxylic acid groups (broad SMARTS) is 1. The number of carbonyl (C=O) groups is 6. The molecule has 2 amide bonds. The van der Waals surface area contributed by atoms with Gasteiger partial charge in [0, 0.05) is 18.8 Å². The number of benzene rings is 1. The molecule has 250 valence electrons. The number of hydrogen-bond acceptors (Lipinski definition) is 8. The molecule has 45 heavy (non-hydrogen) atoms. The lowest BCUT2D eigenvalue weighted by Crippen LogP contribution is -2.50. The average molecular weight is 631 g/mol.